The van der Waals surface area contributed by atoms with E-state index in [2.05, 4.69) is 15.3 Å². The molecule has 1 aromatic rings. The lowest BCUT2D eigenvalue weighted by Gasteiger charge is -2.08. The summed E-state index contributed by atoms with van der Waals surface area (Å²) in [6, 6.07) is 1.58. The van der Waals surface area contributed by atoms with Crippen LogP contribution in [0.3, 0.4) is 0 Å². The van der Waals surface area contributed by atoms with Crippen LogP contribution in [0.2, 0.25) is 0 Å². The van der Waals surface area contributed by atoms with E-state index in [4.69, 9.17) is 11.5 Å². The Bertz CT molecular complexity index is 230. The van der Waals surface area contributed by atoms with Gasteiger partial charge in [-0.25, -0.2) is 4.98 Å². The lowest BCUT2D eigenvalue weighted by Crippen LogP contribution is -2.21. The highest BCUT2D eigenvalue weighted by Crippen LogP contribution is 1.96. The average Bonchev–Trinajstić information content (AvgIpc) is 2.21. The van der Waals surface area contributed by atoms with Crippen molar-refractivity contribution in [1.29, 1.82) is 0 Å². The molecule has 0 aromatic carbocycles. The second-order valence-electron chi connectivity index (χ2n) is 3.15. The van der Waals surface area contributed by atoms with Crippen molar-refractivity contribution in [2.45, 2.75) is 19.3 Å². The molecule has 0 unspecified atom stereocenters. The zero-order valence-corrected chi connectivity index (χ0v) is 8.24. The van der Waals surface area contributed by atoms with Gasteiger partial charge in [0.1, 0.15) is 5.82 Å². The quantitative estimate of drug-likeness (QED) is 0.557. The van der Waals surface area contributed by atoms with Crippen LogP contribution in [0.15, 0.2) is 12.3 Å². The molecule has 2 heterocycles. The second kappa shape index (κ2) is 6.15. The van der Waals surface area contributed by atoms with E-state index >= 15 is 0 Å². The number of aromatic nitrogens is 2. The maximum Gasteiger partial charge on any atom is 0.221 e. The van der Waals surface area contributed by atoms with Crippen LogP contribution in [0.5, 0.6) is 0 Å². The maximum absolute atomic E-state index is 5.23. The number of hydrogen-bond donors (Lipinski definition) is 3. The number of hydrogen-bond acceptors (Lipinski definition) is 5. The van der Waals surface area contributed by atoms with Crippen LogP contribution in [-0.2, 0) is 0 Å². The Kier molecular flexibility index (Phi) is 4.71. The molecule has 1 aliphatic heterocycles. The van der Waals surface area contributed by atoms with Crippen LogP contribution < -0.4 is 16.8 Å². The largest absolute Gasteiger partial charge is 0.384 e. The van der Waals surface area contributed by atoms with Crippen molar-refractivity contribution < 1.29 is 0 Å². The molecule has 2 rings (SSSR count). The first kappa shape index (κ1) is 10.7. The third-order valence-corrected chi connectivity index (χ3v) is 1.90. The highest BCUT2D eigenvalue weighted by molar-refractivity contribution is 5.31. The lowest BCUT2D eigenvalue weighted by molar-refractivity contribution is 0.520. The van der Waals surface area contributed by atoms with Gasteiger partial charge in [-0.3, -0.25) is 0 Å². The third-order valence-electron chi connectivity index (χ3n) is 1.90. The van der Waals surface area contributed by atoms with Crippen molar-refractivity contribution in [2.24, 2.45) is 0 Å². The zero-order valence-electron chi connectivity index (χ0n) is 8.24. The average molecular weight is 195 g/mol. The molecule has 5 N–H and O–H groups in total. The molecule has 5 heteroatoms. The van der Waals surface area contributed by atoms with Gasteiger partial charge in [0, 0.05) is 6.20 Å². The second-order valence-corrected chi connectivity index (χ2v) is 3.15. The van der Waals surface area contributed by atoms with E-state index in [-0.39, 0.29) is 5.95 Å². The van der Waals surface area contributed by atoms with Crippen molar-refractivity contribution in [3.05, 3.63) is 12.3 Å². The fraction of sp³-hybridized carbons (Fsp3) is 0.556. The van der Waals surface area contributed by atoms with Crippen molar-refractivity contribution in [2.75, 3.05) is 24.6 Å². The normalized spacial score (nSPS) is 15.4. The Balaban J connectivity index is 0.000000146. The Hall–Kier alpha value is -1.36. The minimum absolute atomic E-state index is 0.213. The Morgan fingerprint density at radius 3 is 2.14 bits per heavy atom. The van der Waals surface area contributed by atoms with Crippen molar-refractivity contribution in [3.63, 3.8) is 0 Å². The monoisotopic (exact) mass is 195 g/mol. The third kappa shape index (κ3) is 4.61. The molecule has 0 bridgehead atoms. The number of nitrogen functional groups attached to an aromatic ring is 2. The number of nitrogens with two attached hydrogens (primary N) is 2. The molecule has 1 aromatic heterocycles. The van der Waals surface area contributed by atoms with Gasteiger partial charge in [0.25, 0.3) is 0 Å². The SMILES string of the molecule is C1CCNCC1.Nc1ccnc(N)n1. The zero-order chi connectivity index (χ0) is 10.2. The van der Waals surface area contributed by atoms with Gasteiger partial charge in [-0.2, -0.15) is 4.98 Å². The van der Waals surface area contributed by atoms with Crippen molar-refractivity contribution in [1.82, 2.24) is 15.3 Å². The van der Waals surface area contributed by atoms with Gasteiger partial charge < -0.3 is 16.8 Å². The molecule has 0 aliphatic carbocycles. The summed E-state index contributed by atoms with van der Waals surface area (Å²) in [6.07, 6.45) is 5.73. The fourth-order valence-electron chi connectivity index (χ4n) is 1.19. The minimum atomic E-state index is 0.213. The number of nitrogens with zero attached hydrogens (tertiary/aromatic N) is 2. The molecule has 1 saturated heterocycles. The van der Waals surface area contributed by atoms with E-state index in [0.717, 1.165) is 0 Å². The van der Waals surface area contributed by atoms with E-state index in [0.29, 0.717) is 5.82 Å². The topological polar surface area (TPSA) is 89.8 Å². The number of nitrogens with one attached hydrogen (secondary N) is 1. The van der Waals surface area contributed by atoms with Crippen LogP contribution in [0, 0.1) is 0 Å². The lowest BCUT2D eigenvalue weighted by atomic mass is 10.2. The van der Waals surface area contributed by atoms with Gasteiger partial charge in [0.2, 0.25) is 5.95 Å². The van der Waals surface area contributed by atoms with Crippen LogP contribution in [-0.4, -0.2) is 23.1 Å². The molecule has 5 nitrogen and oxygen atoms in total. The van der Waals surface area contributed by atoms with Crippen LogP contribution in [0.4, 0.5) is 11.8 Å². The van der Waals surface area contributed by atoms with Gasteiger partial charge in [-0.05, 0) is 32.0 Å². The van der Waals surface area contributed by atoms with E-state index in [1.165, 1.54) is 38.5 Å². The van der Waals surface area contributed by atoms with Crippen LogP contribution >= 0.6 is 0 Å². The number of piperidine rings is 1. The number of rotatable bonds is 0. The minimum Gasteiger partial charge on any atom is -0.384 e. The van der Waals surface area contributed by atoms with E-state index in [9.17, 15) is 0 Å². The van der Waals surface area contributed by atoms with Gasteiger partial charge in [-0.15, -0.1) is 0 Å². The molecule has 0 saturated carbocycles. The van der Waals surface area contributed by atoms with Gasteiger partial charge in [0.05, 0.1) is 0 Å². The molecule has 0 amide bonds. The molecular formula is C9H17N5. The Morgan fingerprint density at radius 1 is 1.14 bits per heavy atom. The Morgan fingerprint density at radius 2 is 1.86 bits per heavy atom. The molecule has 0 radical (unpaired) electrons. The molecule has 14 heavy (non-hydrogen) atoms. The fourth-order valence-corrected chi connectivity index (χ4v) is 1.19. The number of anilines is 2. The van der Waals surface area contributed by atoms with Gasteiger partial charge in [-0.1, -0.05) is 6.42 Å². The van der Waals surface area contributed by atoms with Gasteiger partial charge >= 0.3 is 0 Å². The maximum atomic E-state index is 5.23. The molecule has 1 aliphatic rings. The first-order valence-electron chi connectivity index (χ1n) is 4.84. The van der Waals surface area contributed by atoms with E-state index < -0.39 is 0 Å². The molecule has 0 spiro atoms. The van der Waals surface area contributed by atoms with Crippen molar-refractivity contribution >= 4 is 11.8 Å². The molecule has 0 atom stereocenters. The summed E-state index contributed by atoms with van der Waals surface area (Å²) in [5.41, 5.74) is 10.4. The highest BCUT2D eigenvalue weighted by Gasteiger charge is 1.93. The predicted octanol–water partition coefficient (Wildman–Crippen LogP) is 0.401. The highest BCUT2D eigenvalue weighted by atomic mass is 15.0. The summed E-state index contributed by atoms with van der Waals surface area (Å²) in [4.78, 5) is 7.24. The first-order valence-corrected chi connectivity index (χ1v) is 4.84. The van der Waals surface area contributed by atoms with Crippen LogP contribution in [0.1, 0.15) is 19.3 Å². The summed E-state index contributed by atoms with van der Waals surface area (Å²) in [5, 5.41) is 3.28. The summed E-state index contributed by atoms with van der Waals surface area (Å²) < 4.78 is 0. The van der Waals surface area contributed by atoms with E-state index in [1.54, 1.807) is 6.07 Å². The predicted molar refractivity (Wildman–Crippen MR) is 57.6 cm³/mol. The molecule has 1 fully saturated rings. The first-order chi connectivity index (χ1) is 6.79. The van der Waals surface area contributed by atoms with Crippen LogP contribution in [0.25, 0.3) is 0 Å². The van der Waals surface area contributed by atoms with Crippen molar-refractivity contribution in [3.8, 4) is 0 Å². The molecule has 78 valence electrons. The standard InChI is InChI=1S/C5H11N.C4H6N4/c1-2-4-6-5-3-1;5-3-1-2-7-4(6)8-3/h6H,1-5H2;1-2H,(H4,5,6,7,8). The Labute approximate surface area is 83.9 Å². The van der Waals surface area contributed by atoms with Gasteiger partial charge in [0.15, 0.2) is 0 Å². The summed E-state index contributed by atoms with van der Waals surface area (Å²) in [6.45, 7) is 2.50. The smallest absolute Gasteiger partial charge is 0.221 e. The summed E-state index contributed by atoms with van der Waals surface area (Å²) in [7, 11) is 0. The van der Waals surface area contributed by atoms with E-state index in [1.807, 2.05) is 0 Å². The summed E-state index contributed by atoms with van der Waals surface area (Å²) in [5.74, 6) is 0.613. The molecular weight excluding hydrogens is 178 g/mol. The summed E-state index contributed by atoms with van der Waals surface area (Å²) >= 11 is 0.